The van der Waals surface area contributed by atoms with Crippen molar-refractivity contribution in [3.05, 3.63) is 62.6 Å². The molecule has 0 atom stereocenters. The molecule has 21 heavy (non-hydrogen) atoms. The van der Waals surface area contributed by atoms with Crippen molar-refractivity contribution >= 4 is 39.1 Å². The summed E-state index contributed by atoms with van der Waals surface area (Å²) in [6.45, 7) is 0. The molecule has 0 bridgehead atoms. The van der Waals surface area contributed by atoms with E-state index >= 15 is 0 Å². The van der Waals surface area contributed by atoms with Crippen LogP contribution in [0.3, 0.4) is 0 Å². The van der Waals surface area contributed by atoms with Gasteiger partial charge in [-0.1, -0.05) is 11.6 Å². The second-order valence-corrected chi connectivity index (χ2v) is 5.22. The quantitative estimate of drug-likeness (QED) is 0.446. The van der Waals surface area contributed by atoms with Gasteiger partial charge in [-0.25, -0.2) is 17.6 Å². The molecule has 2 aromatic rings. The number of carbonyl (C=O) groups excluding carboxylic acids is 1. The number of anilines is 1. The molecule has 0 aliphatic carbocycles. The van der Waals surface area contributed by atoms with E-state index in [1.54, 1.807) is 0 Å². The number of nitrogens with one attached hydrogen (secondary N) is 1. The van der Waals surface area contributed by atoms with Gasteiger partial charge in [0, 0.05) is 9.50 Å². The zero-order valence-corrected chi connectivity index (χ0v) is 12.3. The summed E-state index contributed by atoms with van der Waals surface area (Å²) >= 11 is 8.82. The Morgan fingerprint density at radius 2 is 1.71 bits per heavy atom. The number of halogens is 6. The summed E-state index contributed by atoms with van der Waals surface area (Å²) in [5, 5.41) is 2.61. The molecule has 2 rings (SSSR count). The largest absolute Gasteiger partial charge is 0.321 e. The van der Waals surface area contributed by atoms with E-state index in [1.165, 1.54) is 18.2 Å². The molecule has 0 aliphatic rings. The summed E-state index contributed by atoms with van der Waals surface area (Å²) in [7, 11) is 0. The van der Waals surface area contributed by atoms with Gasteiger partial charge < -0.3 is 5.32 Å². The zero-order valence-electron chi connectivity index (χ0n) is 9.99. The predicted octanol–water partition coefficient (Wildman–Crippen LogP) is 4.91. The lowest BCUT2D eigenvalue weighted by Gasteiger charge is -2.09. The lowest BCUT2D eigenvalue weighted by Crippen LogP contribution is -2.16. The molecule has 0 heterocycles. The lowest BCUT2D eigenvalue weighted by molar-refractivity contribution is 0.102. The van der Waals surface area contributed by atoms with Gasteiger partial charge in [0.1, 0.15) is 0 Å². The molecule has 0 saturated carbocycles. The summed E-state index contributed by atoms with van der Waals surface area (Å²) in [6, 6.07) is 4.59. The van der Waals surface area contributed by atoms with Crippen molar-refractivity contribution in [2.45, 2.75) is 0 Å². The summed E-state index contributed by atoms with van der Waals surface area (Å²) in [5.74, 6) is -8.58. The molecule has 1 amide bonds. The van der Waals surface area contributed by atoms with Crippen LogP contribution in [0.15, 0.2) is 28.7 Å². The zero-order chi connectivity index (χ0) is 15.7. The average molecular weight is 383 g/mol. The summed E-state index contributed by atoms with van der Waals surface area (Å²) in [5.41, 5.74) is -0.748. The van der Waals surface area contributed by atoms with E-state index in [0.717, 1.165) is 0 Å². The van der Waals surface area contributed by atoms with Gasteiger partial charge in [0.05, 0.1) is 11.3 Å². The van der Waals surface area contributed by atoms with Crippen molar-refractivity contribution in [2.24, 2.45) is 0 Å². The first-order valence-corrected chi connectivity index (χ1v) is 6.57. The Bertz CT molecular complexity index is 739. The van der Waals surface area contributed by atoms with Crippen LogP contribution < -0.4 is 5.32 Å². The molecule has 0 radical (unpaired) electrons. The van der Waals surface area contributed by atoms with E-state index in [9.17, 15) is 22.4 Å². The normalized spacial score (nSPS) is 10.6. The highest BCUT2D eigenvalue weighted by molar-refractivity contribution is 9.10. The van der Waals surface area contributed by atoms with Crippen molar-refractivity contribution < 1.29 is 22.4 Å². The van der Waals surface area contributed by atoms with Crippen molar-refractivity contribution in [2.75, 3.05) is 5.32 Å². The van der Waals surface area contributed by atoms with Crippen molar-refractivity contribution in [3.63, 3.8) is 0 Å². The minimum Gasteiger partial charge on any atom is -0.321 e. The molecule has 8 heteroatoms. The molecule has 0 unspecified atom stereocenters. The highest BCUT2D eigenvalue weighted by atomic mass is 79.9. The van der Waals surface area contributed by atoms with Gasteiger partial charge in [-0.15, -0.1) is 0 Å². The maximum absolute atomic E-state index is 13.5. The smallest absolute Gasteiger partial charge is 0.258 e. The summed E-state index contributed by atoms with van der Waals surface area (Å²) in [4.78, 5) is 11.8. The van der Waals surface area contributed by atoms with Gasteiger partial charge in [0.25, 0.3) is 5.91 Å². The fourth-order valence-electron chi connectivity index (χ4n) is 1.52. The van der Waals surface area contributed by atoms with E-state index in [4.69, 9.17) is 11.6 Å². The summed E-state index contributed by atoms with van der Waals surface area (Å²) in [6.07, 6.45) is 0. The second-order valence-electron chi connectivity index (χ2n) is 3.93. The Morgan fingerprint density at radius 3 is 2.33 bits per heavy atom. The molecule has 0 spiro atoms. The third-order valence-corrected chi connectivity index (χ3v) is 3.42. The Morgan fingerprint density at radius 1 is 1.05 bits per heavy atom. The predicted molar refractivity (Wildman–Crippen MR) is 73.4 cm³/mol. The molecular weight excluding hydrogens is 377 g/mol. The number of rotatable bonds is 2. The van der Waals surface area contributed by atoms with Crippen LogP contribution in [0.2, 0.25) is 5.02 Å². The van der Waals surface area contributed by atoms with E-state index in [2.05, 4.69) is 21.2 Å². The van der Waals surface area contributed by atoms with Crippen LogP contribution in [0.25, 0.3) is 0 Å². The highest BCUT2D eigenvalue weighted by Gasteiger charge is 2.23. The van der Waals surface area contributed by atoms with E-state index in [0.29, 0.717) is 9.50 Å². The van der Waals surface area contributed by atoms with E-state index in [-0.39, 0.29) is 11.8 Å². The topological polar surface area (TPSA) is 29.1 Å². The minimum atomic E-state index is -2.05. The van der Waals surface area contributed by atoms with Gasteiger partial charge in [-0.05, 0) is 40.2 Å². The van der Waals surface area contributed by atoms with Crippen LogP contribution in [0.1, 0.15) is 10.4 Å². The van der Waals surface area contributed by atoms with E-state index < -0.39 is 34.7 Å². The Balaban J connectivity index is 2.37. The van der Waals surface area contributed by atoms with E-state index in [1.807, 2.05) is 0 Å². The fraction of sp³-hybridized carbons (Fsp3) is 0. The Hall–Kier alpha value is -1.60. The van der Waals surface area contributed by atoms with Gasteiger partial charge in [0.2, 0.25) is 0 Å². The molecule has 2 aromatic carbocycles. The van der Waals surface area contributed by atoms with Crippen LogP contribution in [0.5, 0.6) is 0 Å². The van der Waals surface area contributed by atoms with Crippen LogP contribution in [-0.2, 0) is 0 Å². The highest BCUT2D eigenvalue weighted by Crippen LogP contribution is 2.27. The van der Waals surface area contributed by atoms with Gasteiger partial charge in [0.15, 0.2) is 23.3 Å². The Kier molecular flexibility index (Phi) is 4.53. The second kappa shape index (κ2) is 6.03. The molecule has 0 fully saturated rings. The summed E-state index contributed by atoms with van der Waals surface area (Å²) < 4.78 is 52.8. The van der Waals surface area contributed by atoms with Crippen LogP contribution >= 0.6 is 27.5 Å². The van der Waals surface area contributed by atoms with Crippen LogP contribution in [0.4, 0.5) is 23.2 Å². The molecule has 0 aliphatic heterocycles. The van der Waals surface area contributed by atoms with Gasteiger partial charge in [-0.3, -0.25) is 4.79 Å². The first kappa shape index (κ1) is 15.8. The number of hydrogen-bond donors (Lipinski definition) is 1. The molecule has 0 saturated heterocycles. The maximum Gasteiger partial charge on any atom is 0.258 e. The van der Waals surface area contributed by atoms with Gasteiger partial charge in [-0.2, -0.15) is 0 Å². The standard InChI is InChI=1S/C13H5BrClF4NO/c14-7-3-5(15)1-2-9(7)20-13(21)6-4-8(16)11(18)12(19)10(6)17/h1-4H,(H,20,21). The number of carbonyl (C=O) groups is 1. The lowest BCUT2D eigenvalue weighted by atomic mass is 10.1. The third-order valence-electron chi connectivity index (χ3n) is 2.53. The van der Waals surface area contributed by atoms with Crippen LogP contribution in [0, 0.1) is 23.3 Å². The average Bonchev–Trinajstić information content (AvgIpc) is 2.43. The molecule has 2 nitrogen and oxygen atoms in total. The number of benzene rings is 2. The maximum atomic E-state index is 13.5. The monoisotopic (exact) mass is 381 g/mol. The molecule has 110 valence electrons. The van der Waals surface area contributed by atoms with Crippen molar-refractivity contribution in [1.82, 2.24) is 0 Å². The molecule has 1 N–H and O–H groups in total. The van der Waals surface area contributed by atoms with Crippen molar-refractivity contribution in [1.29, 1.82) is 0 Å². The first-order valence-electron chi connectivity index (χ1n) is 5.40. The first-order chi connectivity index (χ1) is 9.81. The molecular formula is C13H5BrClF4NO. The number of hydrogen-bond acceptors (Lipinski definition) is 1. The van der Waals surface area contributed by atoms with Crippen LogP contribution in [-0.4, -0.2) is 5.91 Å². The minimum absolute atomic E-state index is 0.203. The third kappa shape index (κ3) is 3.19. The SMILES string of the molecule is O=C(Nc1ccc(Cl)cc1Br)c1cc(F)c(F)c(F)c1F. The number of amides is 1. The van der Waals surface area contributed by atoms with Gasteiger partial charge >= 0.3 is 0 Å². The molecule has 0 aromatic heterocycles. The Labute approximate surface area is 129 Å². The van der Waals surface area contributed by atoms with Crippen molar-refractivity contribution in [3.8, 4) is 0 Å². The fourth-order valence-corrected chi connectivity index (χ4v) is 2.30.